The molecule has 2 fully saturated rings. The number of amides is 1. The maximum absolute atomic E-state index is 12.4. The molecule has 4 rings (SSSR count). The Morgan fingerprint density at radius 2 is 2.27 bits per heavy atom. The molecule has 22 heavy (non-hydrogen) atoms. The minimum Gasteiger partial charge on any atom is -0.339 e. The summed E-state index contributed by atoms with van der Waals surface area (Å²) in [6.07, 6.45) is 5.75. The summed E-state index contributed by atoms with van der Waals surface area (Å²) in [7, 11) is 1.79. The summed E-state index contributed by atoms with van der Waals surface area (Å²) < 4.78 is 6.92. The lowest BCUT2D eigenvalue weighted by molar-refractivity contribution is 0.0776. The monoisotopic (exact) mass is 301 g/mol. The highest BCUT2D eigenvalue weighted by Gasteiger charge is 2.32. The zero-order valence-corrected chi connectivity index (χ0v) is 12.6. The topological polar surface area (TPSA) is 77.0 Å². The Kier molecular flexibility index (Phi) is 3.20. The van der Waals surface area contributed by atoms with Crippen LogP contribution in [0, 0.1) is 5.92 Å². The molecule has 1 amide bonds. The van der Waals surface area contributed by atoms with Crippen molar-refractivity contribution in [2.24, 2.45) is 13.0 Å². The number of rotatable bonds is 4. The predicted octanol–water partition coefficient (Wildman–Crippen LogP) is 1.39. The summed E-state index contributed by atoms with van der Waals surface area (Å²) in [6, 6.07) is 1.76. The van der Waals surface area contributed by atoms with Gasteiger partial charge in [-0.05, 0) is 31.2 Å². The van der Waals surface area contributed by atoms with Crippen LogP contribution in [0.3, 0.4) is 0 Å². The molecule has 3 heterocycles. The number of likely N-dealkylation sites (tertiary alicyclic amines) is 1. The van der Waals surface area contributed by atoms with Crippen molar-refractivity contribution < 1.29 is 9.32 Å². The van der Waals surface area contributed by atoms with E-state index in [1.807, 2.05) is 4.90 Å². The SMILES string of the molecule is Cn1nccc1C(=O)N1CC[C@H](Cc2noc(C3CC3)n2)C1. The van der Waals surface area contributed by atoms with E-state index in [1.165, 1.54) is 0 Å². The maximum atomic E-state index is 12.4. The van der Waals surface area contributed by atoms with Crippen molar-refractivity contribution in [3.8, 4) is 0 Å². The Labute approximate surface area is 128 Å². The molecule has 0 spiro atoms. The second kappa shape index (κ2) is 5.23. The molecule has 0 unspecified atom stereocenters. The van der Waals surface area contributed by atoms with Gasteiger partial charge < -0.3 is 9.42 Å². The Morgan fingerprint density at radius 3 is 3.00 bits per heavy atom. The van der Waals surface area contributed by atoms with Gasteiger partial charge in [-0.2, -0.15) is 10.1 Å². The Morgan fingerprint density at radius 1 is 1.41 bits per heavy atom. The quantitative estimate of drug-likeness (QED) is 0.852. The molecular weight excluding hydrogens is 282 g/mol. The van der Waals surface area contributed by atoms with E-state index >= 15 is 0 Å². The minimum absolute atomic E-state index is 0.0503. The first kappa shape index (κ1) is 13.5. The molecule has 7 nitrogen and oxygen atoms in total. The first-order chi connectivity index (χ1) is 10.7. The maximum Gasteiger partial charge on any atom is 0.272 e. The summed E-state index contributed by atoms with van der Waals surface area (Å²) in [5.74, 6) is 2.52. The molecule has 2 aromatic rings. The lowest BCUT2D eigenvalue weighted by atomic mass is 10.1. The fourth-order valence-corrected chi connectivity index (χ4v) is 3.03. The van der Waals surface area contributed by atoms with Crippen LogP contribution < -0.4 is 0 Å². The number of aryl methyl sites for hydroxylation is 1. The van der Waals surface area contributed by atoms with E-state index < -0.39 is 0 Å². The molecule has 7 heteroatoms. The number of hydrogen-bond donors (Lipinski definition) is 0. The lowest BCUT2D eigenvalue weighted by Gasteiger charge is -2.16. The van der Waals surface area contributed by atoms with Gasteiger partial charge in [-0.25, -0.2) is 0 Å². The fourth-order valence-electron chi connectivity index (χ4n) is 3.03. The van der Waals surface area contributed by atoms with E-state index in [0.29, 0.717) is 17.5 Å². The van der Waals surface area contributed by atoms with E-state index in [-0.39, 0.29) is 5.91 Å². The molecule has 116 valence electrons. The van der Waals surface area contributed by atoms with Crippen LogP contribution in [-0.4, -0.2) is 43.8 Å². The van der Waals surface area contributed by atoms with Crippen LogP contribution in [0.1, 0.15) is 47.4 Å². The molecule has 2 aliphatic rings. The molecule has 1 atom stereocenters. The summed E-state index contributed by atoms with van der Waals surface area (Å²) in [6.45, 7) is 1.53. The van der Waals surface area contributed by atoms with Crippen molar-refractivity contribution >= 4 is 5.91 Å². The van der Waals surface area contributed by atoms with Gasteiger partial charge in [-0.3, -0.25) is 9.48 Å². The summed E-state index contributed by atoms with van der Waals surface area (Å²) >= 11 is 0. The normalized spacial score (nSPS) is 21.5. The predicted molar refractivity (Wildman–Crippen MR) is 77.2 cm³/mol. The van der Waals surface area contributed by atoms with Crippen LogP contribution in [0.5, 0.6) is 0 Å². The van der Waals surface area contributed by atoms with Crippen molar-refractivity contribution in [3.63, 3.8) is 0 Å². The molecule has 1 saturated carbocycles. The fraction of sp³-hybridized carbons (Fsp3) is 0.600. The van der Waals surface area contributed by atoms with Gasteiger partial charge in [0.15, 0.2) is 5.82 Å². The largest absolute Gasteiger partial charge is 0.339 e. The Balaban J connectivity index is 1.37. The zero-order chi connectivity index (χ0) is 15.1. The van der Waals surface area contributed by atoms with Crippen LogP contribution in [0.25, 0.3) is 0 Å². The van der Waals surface area contributed by atoms with E-state index in [4.69, 9.17) is 4.52 Å². The molecule has 0 aromatic carbocycles. The van der Waals surface area contributed by atoms with Crippen LogP contribution in [-0.2, 0) is 13.5 Å². The lowest BCUT2D eigenvalue weighted by Crippen LogP contribution is -2.30. The number of hydrogen-bond acceptors (Lipinski definition) is 5. The van der Waals surface area contributed by atoms with Gasteiger partial charge >= 0.3 is 0 Å². The van der Waals surface area contributed by atoms with Gasteiger partial charge in [0.05, 0.1) is 0 Å². The highest BCUT2D eigenvalue weighted by Crippen LogP contribution is 2.39. The molecular formula is C15H19N5O2. The third kappa shape index (κ3) is 2.51. The number of aromatic nitrogens is 4. The zero-order valence-electron chi connectivity index (χ0n) is 12.6. The highest BCUT2D eigenvalue weighted by atomic mass is 16.5. The summed E-state index contributed by atoms with van der Waals surface area (Å²) in [5.41, 5.74) is 0.635. The third-order valence-electron chi connectivity index (χ3n) is 4.49. The van der Waals surface area contributed by atoms with Crippen molar-refractivity contribution in [3.05, 3.63) is 29.7 Å². The van der Waals surface area contributed by atoms with Crippen molar-refractivity contribution in [2.75, 3.05) is 13.1 Å². The molecule has 1 aliphatic carbocycles. The van der Waals surface area contributed by atoms with Crippen molar-refractivity contribution in [1.29, 1.82) is 0 Å². The first-order valence-electron chi connectivity index (χ1n) is 7.80. The van der Waals surface area contributed by atoms with E-state index in [1.54, 1.807) is 24.0 Å². The molecule has 2 aromatic heterocycles. The van der Waals surface area contributed by atoms with Crippen LogP contribution in [0.4, 0.5) is 0 Å². The molecule has 1 saturated heterocycles. The summed E-state index contributed by atoms with van der Waals surface area (Å²) in [4.78, 5) is 18.8. The van der Waals surface area contributed by atoms with Gasteiger partial charge in [0.1, 0.15) is 5.69 Å². The van der Waals surface area contributed by atoms with Crippen LogP contribution in [0.15, 0.2) is 16.8 Å². The van der Waals surface area contributed by atoms with Gasteiger partial charge in [0.25, 0.3) is 5.91 Å². The Bertz CT molecular complexity index is 688. The molecule has 0 N–H and O–H groups in total. The molecule has 0 radical (unpaired) electrons. The van der Waals surface area contributed by atoms with E-state index in [0.717, 1.165) is 50.5 Å². The summed E-state index contributed by atoms with van der Waals surface area (Å²) in [5, 5.41) is 8.13. The average molecular weight is 301 g/mol. The third-order valence-corrected chi connectivity index (χ3v) is 4.49. The molecule has 1 aliphatic heterocycles. The first-order valence-corrected chi connectivity index (χ1v) is 7.80. The smallest absolute Gasteiger partial charge is 0.272 e. The van der Waals surface area contributed by atoms with Gasteiger partial charge in [0.2, 0.25) is 5.89 Å². The number of carbonyl (C=O) groups excluding carboxylic acids is 1. The van der Waals surface area contributed by atoms with Crippen LogP contribution in [0.2, 0.25) is 0 Å². The van der Waals surface area contributed by atoms with Gasteiger partial charge in [-0.15, -0.1) is 0 Å². The van der Waals surface area contributed by atoms with Gasteiger partial charge in [-0.1, -0.05) is 5.16 Å². The Hall–Kier alpha value is -2.18. The number of nitrogens with zero attached hydrogens (tertiary/aromatic N) is 5. The second-order valence-electron chi connectivity index (χ2n) is 6.27. The highest BCUT2D eigenvalue weighted by molar-refractivity contribution is 5.92. The standard InChI is InChI=1S/C15H19N5O2/c1-19-12(4-6-16-19)15(21)20-7-5-10(9-20)8-13-17-14(22-18-13)11-2-3-11/h4,6,10-11H,2-3,5,7-9H2,1H3/t10-/m1/s1. The van der Waals surface area contributed by atoms with Crippen molar-refractivity contribution in [1.82, 2.24) is 24.8 Å². The molecule has 0 bridgehead atoms. The minimum atomic E-state index is 0.0503. The number of carbonyl (C=O) groups is 1. The van der Waals surface area contributed by atoms with Crippen molar-refractivity contribution in [2.45, 2.75) is 31.6 Å². The van der Waals surface area contributed by atoms with E-state index in [9.17, 15) is 4.79 Å². The van der Waals surface area contributed by atoms with Gasteiger partial charge in [0, 0.05) is 38.7 Å². The second-order valence-corrected chi connectivity index (χ2v) is 6.27. The van der Waals surface area contributed by atoms with E-state index in [2.05, 4.69) is 15.2 Å². The average Bonchev–Trinajstić information content (AvgIpc) is 2.90. The van der Waals surface area contributed by atoms with Crippen LogP contribution >= 0.6 is 0 Å².